The van der Waals surface area contributed by atoms with Crippen molar-refractivity contribution in [1.29, 1.82) is 5.26 Å². The quantitative estimate of drug-likeness (QED) is 0.666. The average Bonchev–Trinajstić information content (AvgIpc) is 2.84. The van der Waals surface area contributed by atoms with Gasteiger partial charge in [-0.05, 0) is 25.3 Å². The summed E-state index contributed by atoms with van der Waals surface area (Å²) in [7, 11) is 0. The minimum absolute atomic E-state index is 0.0685. The molecule has 0 spiro atoms. The van der Waals surface area contributed by atoms with E-state index in [4.69, 9.17) is 5.26 Å². The first-order valence-electron chi connectivity index (χ1n) is 6.49. The molecule has 1 N–H and O–H groups in total. The topological polar surface area (TPSA) is 79.0 Å². The lowest BCUT2D eigenvalue weighted by Crippen LogP contribution is -2.31. The third kappa shape index (κ3) is 2.91. The predicted molar refractivity (Wildman–Crippen MR) is 71.4 cm³/mol. The van der Waals surface area contributed by atoms with Gasteiger partial charge in [-0.3, -0.25) is 10.1 Å². The Morgan fingerprint density at radius 2 is 2.32 bits per heavy atom. The van der Waals surface area contributed by atoms with E-state index in [-0.39, 0.29) is 22.6 Å². The molecule has 2 unspecified atom stereocenters. The highest BCUT2D eigenvalue weighted by atomic mass is 16.6. The third-order valence-corrected chi connectivity index (χ3v) is 3.85. The number of rotatable bonds is 4. The summed E-state index contributed by atoms with van der Waals surface area (Å²) >= 11 is 0. The first kappa shape index (κ1) is 13.5. The molecule has 100 valence electrons. The van der Waals surface area contributed by atoms with Gasteiger partial charge in [-0.1, -0.05) is 18.6 Å². The van der Waals surface area contributed by atoms with Gasteiger partial charge in [-0.25, -0.2) is 0 Å². The van der Waals surface area contributed by atoms with Crippen LogP contribution in [0.3, 0.4) is 0 Å². The van der Waals surface area contributed by atoms with Crippen molar-refractivity contribution < 1.29 is 4.92 Å². The zero-order chi connectivity index (χ0) is 13.8. The summed E-state index contributed by atoms with van der Waals surface area (Å²) < 4.78 is 0. The maximum atomic E-state index is 10.9. The van der Waals surface area contributed by atoms with E-state index in [0.717, 1.165) is 24.8 Å². The molecule has 1 aromatic rings. The molecule has 5 heteroatoms. The van der Waals surface area contributed by atoms with Crippen LogP contribution in [0.4, 0.5) is 5.69 Å². The summed E-state index contributed by atoms with van der Waals surface area (Å²) in [5, 5.41) is 23.3. The number of nitro groups is 1. The summed E-state index contributed by atoms with van der Waals surface area (Å²) in [6, 6.07) is 7.66. The highest BCUT2D eigenvalue weighted by Gasteiger charge is 2.26. The van der Waals surface area contributed by atoms with Gasteiger partial charge >= 0.3 is 0 Å². The van der Waals surface area contributed by atoms with Crippen LogP contribution in [0.15, 0.2) is 18.2 Å². The van der Waals surface area contributed by atoms with Crippen LogP contribution >= 0.6 is 0 Å². The van der Waals surface area contributed by atoms with Crippen LogP contribution in [0, 0.1) is 34.3 Å². The fraction of sp³-hybridized carbons (Fsp3) is 0.500. The first-order chi connectivity index (χ1) is 9.13. The average molecular weight is 259 g/mol. The van der Waals surface area contributed by atoms with E-state index >= 15 is 0 Å². The first-order valence-corrected chi connectivity index (χ1v) is 6.49. The maximum Gasteiger partial charge on any atom is 0.272 e. The van der Waals surface area contributed by atoms with E-state index in [2.05, 4.69) is 11.4 Å². The number of nitro benzene ring substituents is 1. The Morgan fingerprint density at radius 1 is 1.53 bits per heavy atom. The fourth-order valence-electron chi connectivity index (χ4n) is 2.66. The van der Waals surface area contributed by atoms with Gasteiger partial charge in [0.1, 0.15) is 0 Å². The van der Waals surface area contributed by atoms with E-state index in [0.29, 0.717) is 12.1 Å². The van der Waals surface area contributed by atoms with Gasteiger partial charge in [0, 0.05) is 24.2 Å². The molecule has 0 saturated heterocycles. The Hall–Kier alpha value is -1.93. The molecule has 1 saturated carbocycles. The van der Waals surface area contributed by atoms with Gasteiger partial charge in [0.2, 0.25) is 0 Å². The molecule has 5 nitrogen and oxygen atoms in total. The van der Waals surface area contributed by atoms with Gasteiger partial charge in [0.05, 0.1) is 16.9 Å². The van der Waals surface area contributed by atoms with Crippen molar-refractivity contribution in [1.82, 2.24) is 5.32 Å². The van der Waals surface area contributed by atoms with Crippen molar-refractivity contribution >= 4 is 5.69 Å². The molecule has 2 atom stereocenters. The normalized spacial score (nSPS) is 22.1. The second kappa shape index (κ2) is 5.81. The molecule has 0 radical (unpaired) electrons. The van der Waals surface area contributed by atoms with Crippen LogP contribution in [0.5, 0.6) is 0 Å². The monoisotopic (exact) mass is 259 g/mol. The van der Waals surface area contributed by atoms with E-state index in [1.165, 1.54) is 6.07 Å². The fourth-order valence-corrected chi connectivity index (χ4v) is 2.66. The standard InChI is InChI=1S/C14H17N3O2/c1-10-12(5-3-7-14(10)17(18)19)9-16-13-6-2-4-11(13)8-15/h3,5,7,11,13,16H,2,4,6,9H2,1H3. The molecule has 19 heavy (non-hydrogen) atoms. The zero-order valence-corrected chi connectivity index (χ0v) is 10.9. The molecular weight excluding hydrogens is 242 g/mol. The minimum Gasteiger partial charge on any atom is -0.309 e. The van der Waals surface area contributed by atoms with E-state index in [1.807, 2.05) is 6.07 Å². The van der Waals surface area contributed by atoms with Gasteiger partial charge in [-0.15, -0.1) is 0 Å². The van der Waals surface area contributed by atoms with Crippen molar-refractivity contribution in [2.45, 2.75) is 38.8 Å². The van der Waals surface area contributed by atoms with Crippen molar-refractivity contribution in [3.05, 3.63) is 39.4 Å². The van der Waals surface area contributed by atoms with Crippen LogP contribution in [0.25, 0.3) is 0 Å². The van der Waals surface area contributed by atoms with Crippen LogP contribution in [-0.2, 0) is 6.54 Å². The molecule has 1 aliphatic carbocycles. The third-order valence-electron chi connectivity index (χ3n) is 3.85. The molecule has 0 bridgehead atoms. The highest BCUT2D eigenvalue weighted by molar-refractivity contribution is 5.44. The Kier molecular flexibility index (Phi) is 4.13. The van der Waals surface area contributed by atoms with Gasteiger partial charge in [0.25, 0.3) is 5.69 Å². The second-order valence-electron chi connectivity index (χ2n) is 4.97. The maximum absolute atomic E-state index is 10.9. The minimum atomic E-state index is -0.355. The lowest BCUT2D eigenvalue weighted by atomic mass is 10.0. The van der Waals surface area contributed by atoms with Crippen LogP contribution in [-0.4, -0.2) is 11.0 Å². The number of hydrogen-bond acceptors (Lipinski definition) is 4. The number of nitrogens with one attached hydrogen (secondary N) is 1. The van der Waals surface area contributed by atoms with Crippen molar-refractivity contribution in [2.24, 2.45) is 5.92 Å². The van der Waals surface area contributed by atoms with Crippen LogP contribution in [0.2, 0.25) is 0 Å². The van der Waals surface area contributed by atoms with E-state index in [9.17, 15) is 10.1 Å². The van der Waals surface area contributed by atoms with Gasteiger partial charge in [0.15, 0.2) is 0 Å². The lowest BCUT2D eigenvalue weighted by molar-refractivity contribution is -0.385. The molecule has 0 amide bonds. The van der Waals surface area contributed by atoms with Gasteiger partial charge < -0.3 is 5.32 Å². The Morgan fingerprint density at radius 3 is 3.00 bits per heavy atom. The van der Waals surface area contributed by atoms with Crippen LogP contribution in [0.1, 0.15) is 30.4 Å². The molecule has 0 aliphatic heterocycles. The lowest BCUT2D eigenvalue weighted by Gasteiger charge is -2.16. The second-order valence-corrected chi connectivity index (χ2v) is 4.97. The molecule has 1 fully saturated rings. The number of benzene rings is 1. The largest absolute Gasteiger partial charge is 0.309 e. The van der Waals surface area contributed by atoms with Crippen LogP contribution < -0.4 is 5.32 Å². The molecule has 2 rings (SSSR count). The Labute approximate surface area is 112 Å². The summed E-state index contributed by atoms with van der Waals surface area (Å²) in [5.41, 5.74) is 1.78. The molecule has 0 heterocycles. The number of nitrogens with zero attached hydrogens (tertiary/aromatic N) is 2. The van der Waals surface area contributed by atoms with E-state index in [1.54, 1.807) is 13.0 Å². The number of hydrogen-bond donors (Lipinski definition) is 1. The molecule has 1 aliphatic rings. The molecule has 1 aromatic carbocycles. The Balaban J connectivity index is 2.06. The van der Waals surface area contributed by atoms with Crippen molar-refractivity contribution in [2.75, 3.05) is 0 Å². The van der Waals surface area contributed by atoms with E-state index < -0.39 is 0 Å². The van der Waals surface area contributed by atoms with Gasteiger partial charge in [-0.2, -0.15) is 5.26 Å². The summed E-state index contributed by atoms with van der Waals surface area (Å²) in [6.45, 7) is 2.35. The molecular formula is C14H17N3O2. The summed E-state index contributed by atoms with van der Waals surface area (Å²) in [6.07, 6.45) is 3.03. The smallest absolute Gasteiger partial charge is 0.272 e. The summed E-state index contributed by atoms with van der Waals surface area (Å²) in [5.74, 6) is 0.0685. The summed E-state index contributed by atoms with van der Waals surface area (Å²) in [4.78, 5) is 10.5. The molecule has 0 aromatic heterocycles. The predicted octanol–water partition coefficient (Wildman–Crippen LogP) is 2.69. The number of nitriles is 1. The van der Waals surface area contributed by atoms with Crippen molar-refractivity contribution in [3.8, 4) is 6.07 Å². The zero-order valence-electron chi connectivity index (χ0n) is 10.9. The van der Waals surface area contributed by atoms with Crippen molar-refractivity contribution in [3.63, 3.8) is 0 Å². The SMILES string of the molecule is Cc1c(CNC2CCCC2C#N)cccc1[N+](=O)[O-]. The Bertz CT molecular complexity index is 522. The highest BCUT2D eigenvalue weighted by Crippen LogP contribution is 2.26.